The average molecular weight is 456 g/mol. The molecular weight excluding hydrogens is 431 g/mol. The van der Waals surface area contributed by atoms with Gasteiger partial charge in [-0.1, -0.05) is 48.5 Å². The highest BCUT2D eigenvalue weighted by atomic mass is 19.1. The highest BCUT2D eigenvalue weighted by Gasteiger charge is 2.44. The molecule has 7 nitrogen and oxygen atoms in total. The molecule has 1 aromatic carbocycles. The SMILES string of the molecule is COC(=O)c1c(Cc2cccc(C3OC(CO)C(O)C(O)C3O)c2F)cc2cccccc1-2. The van der Waals surface area contributed by atoms with Crippen LogP contribution in [0.2, 0.25) is 0 Å². The van der Waals surface area contributed by atoms with E-state index in [4.69, 9.17) is 9.47 Å². The molecule has 1 fully saturated rings. The summed E-state index contributed by atoms with van der Waals surface area (Å²) in [6, 6.07) is 15.5. The van der Waals surface area contributed by atoms with Crippen molar-refractivity contribution < 1.29 is 39.1 Å². The number of esters is 1. The third-order valence-electron chi connectivity index (χ3n) is 6.07. The molecule has 174 valence electrons. The summed E-state index contributed by atoms with van der Waals surface area (Å²) in [4.78, 5) is 12.5. The maximum absolute atomic E-state index is 15.6. The van der Waals surface area contributed by atoms with Gasteiger partial charge >= 0.3 is 5.97 Å². The van der Waals surface area contributed by atoms with Crippen LogP contribution in [0.5, 0.6) is 0 Å². The number of hydrogen-bond acceptors (Lipinski definition) is 7. The average Bonchev–Trinajstić information content (AvgIpc) is 2.99. The maximum Gasteiger partial charge on any atom is 0.338 e. The smallest absolute Gasteiger partial charge is 0.338 e. The van der Waals surface area contributed by atoms with Gasteiger partial charge in [0, 0.05) is 12.0 Å². The first-order valence-corrected chi connectivity index (χ1v) is 10.5. The third kappa shape index (κ3) is 4.23. The lowest BCUT2D eigenvalue weighted by atomic mass is 9.89. The number of ether oxygens (including phenoxy) is 2. The Hall–Kier alpha value is -2.88. The highest BCUT2D eigenvalue weighted by molar-refractivity contribution is 6.01. The lowest BCUT2D eigenvalue weighted by Crippen LogP contribution is -2.55. The van der Waals surface area contributed by atoms with Crippen molar-refractivity contribution in [3.05, 3.63) is 82.7 Å². The van der Waals surface area contributed by atoms with Crippen LogP contribution in [-0.4, -0.2) is 64.5 Å². The number of aliphatic hydroxyl groups is 4. The molecular formula is C25H25FO7. The number of halogens is 1. The molecule has 4 rings (SSSR count). The molecule has 1 heterocycles. The number of aliphatic hydroxyl groups excluding tert-OH is 4. The summed E-state index contributed by atoms with van der Waals surface area (Å²) >= 11 is 0. The van der Waals surface area contributed by atoms with Gasteiger partial charge in [0.1, 0.15) is 36.3 Å². The summed E-state index contributed by atoms with van der Waals surface area (Å²) in [5.41, 5.74) is 2.64. The monoisotopic (exact) mass is 456 g/mol. The summed E-state index contributed by atoms with van der Waals surface area (Å²) in [7, 11) is 1.29. The van der Waals surface area contributed by atoms with Crippen molar-refractivity contribution in [2.75, 3.05) is 13.7 Å². The second-order valence-corrected chi connectivity index (χ2v) is 8.06. The first-order valence-electron chi connectivity index (χ1n) is 10.5. The Balaban J connectivity index is 1.73. The van der Waals surface area contributed by atoms with E-state index in [0.29, 0.717) is 16.7 Å². The van der Waals surface area contributed by atoms with Gasteiger partial charge in [-0.05, 0) is 28.3 Å². The van der Waals surface area contributed by atoms with E-state index in [1.54, 1.807) is 24.3 Å². The molecule has 8 heteroatoms. The number of fused-ring (bicyclic) bond motifs is 1. The Bertz CT molecular complexity index is 1120. The second kappa shape index (κ2) is 9.54. The van der Waals surface area contributed by atoms with Gasteiger partial charge in [0.15, 0.2) is 0 Å². The van der Waals surface area contributed by atoms with E-state index in [1.807, 2.05) is 24.3 Å². The molecule has 5 atom stereocenters. The molecule has 0 bridgehead atoms. The van der Waals surface area contributed by atoms with Gasteiger partial charge in [0.2, 0.25) is 0 Å². The van der Waals surface area contributed by atoms with Crippen molar-refractivity contribution in [1.29, 1.82) is 0 Å². The largest absolute Gasteiger partial charge is 0.465 e. The molecule has 1 aliphatic heterocycles. The van der Waals surface area contributed by atoms with Crippen molar-refractivity contribution in [2.45, 2.75) is 36.9 Å². The van der Waals surface area contributed by atoms with Crippen LogP contribution in [0.25, 0.3) is 11.1 Å². The molecule has 3 aliphatic rings. The van der Waals surface area contributed by atoms with Crippen LogP contribution in [0.15, 0.2) is 54.6 Å². The zero-order valence-electron chi connectivity index (χ0n) is 17.9. The van der Waals surface area contributed by atoms with E-state index in [0.717, 1.165) is 5.56 Å². The Morgan fingerprint density at radius 2 is 1.76 bits per heavy atom. The summed E-state index contributed by atoms with van der Waals surface area (Å²) in [6.07, 6.45) is -7.12. The van der Waals surface area contributed by atoms with Gasteiger partial charge in [0.25, 0.3) is 0 Å². The van der Waals surface area contributed by atoms with E-state index < -0.39 is 48.9 Å². The molecule has 4 N–H and O–H groups in total. The highest BCUT2D eigenvalue weighted by Crippen LogP contribution is 2.37. The molecule has 5 unspecified atom stereocenters. The fourth-order valence-electron chi connectivity index (χ4n) is 4.35. The lowest BCUT2D eigenvalue weighted by Gasteiger charge is -2.40. The normalized spacial score (nSPS) is 25.2. The summed E-state index contributed by atoms with van der Waals surface area (Å²) in [5.74, 6) is -1.20. The maximum atomic E-state index is 15.6. The molecule has 0 radical (unpaired) electrons. The number of carbonyl (C=O) groups is 1. The summed E-state index contributed by atoms with van der Waals surface area (Å²) < 4.78 is 26.1. The van der Waals surface area contributed by atoms with Gasteiger partial charge in [-0.25, -0.2) is 9.18 Å². The minimum atomic E-state index is -1.61. The van der Waals surface area contributed by atoms with Gasteiger partial charge < -0.3 is 29.9 Å². The predicted octanol–water partition coefficient (Wildman–Crippen LogP) is 1.82. The zero-order chi connectivity index (χ0) is 23.7. The topological polar surface area (TPSA) is 116 Å². The van der Waals surface area contributed by atoms with Crippen LogP contribution in [0.4, 0.5) is 4.39 Å². The van der Waals surface area contributed by atoms with Crippen molar-refractivity contribution in [3.8, 4) is 11.1 Å². The number of hydrogen-bond donors (Lipinski definition) is 4. The van der Waals surface area contributed by atoms with E-state index >= 15 is 4.39 Å². The van der Waals surface area contributed by atoms with Crippen LogP contribution in [0, 0.1) is 5.82 Å². The van der Waals surface area contributed by atoms with E-state index in [-0.39, 0.29) is 17.5 Å². The number of carbonyl (C=O) groups excluding carboxylic acids is 1. The lowest BCUT2D eigenvalue weighted by molar-refractivity contribution is -0.232. The molecule has 0 spiro atoms. The van der Waals surface area contributed by atoms with Gasteiger partial charge in [0.05, 0.1) is 19.3 Å². The number of methoxy groups -OCH3 is 1. The predicted molar refractivity (Wildman–Crippen MR) is 116 cm³/mol. The molecule has 0 aromatic heterocycles. The Labute approximate surface area is 190 Å². The van der Waals surface area contributed by atoms with Crippen molar-refractivity contribution in [3.63, 3.8) is 0 Å². The number of rotatable bonds is 5. The van der Waals surface area contributed by atoms with Gasteiger partial charge in [-0.2, -0.15) is 0 Å². The molecule has 0 saturated carbocycles. The fraction of sp³-hybridized carbons (Fsp3) is 0.320. The van der Waals surface area contributed by atoms with Gasteiger partial charge in [-0.15, -0.1) is 0 Å². The standard InChI is InChI=1S/C25H25FO7/c1-32-25(31)19-15(10-13-6-3-2-4-8-16(13)19)11-14-7-5-9-17(20(14)26)24-23(30)22(29)21(28)18(12-27)33-24/h2-10,18,21-24,27-30H,11-12H2,1H3. The summed E-state index contributed by atoms with van der Waals surface area (Å²) in [6.45, 7) is -0.608. The van der Waals surface area contributed by atoms with Crippen LogP contribution in [0.3, 0.4) is 0 Å². The minimum Gasteiger partial charge on any atom is -0.465 e. The van der Waals surface area contributed by atoms with E-state index in [1.165, 1.54) is 13.2 Å². The fourth-order valence-corrected chi connectivity index (χ4v) is 4.35. The van der Waals surface area contributed by atoms with Crippen molar-refractivity contribution in [1.82, 2.24) is 0 Å². The van der Waals surface area contributed by atoms with Crippen LogP contribution in [-0.2, 0) is 15.9 Å². The van der Waals surface area contributed by atoms with Gasteiger partial charge in [-0.3, -0.25) is 0 Å². The molecule has 33 heavy (non-hydrogen) atoms. The first-order chi connectivity index (χ1) is 15.9. The Morgan fingerprint density at radius 3 is 2.48 bits per heavy atom. The molecule has 1 saturated heterocycles. The Kier molecular flexibility index (Phi) is 6.73. The van der Waals surface area contributed by atoms with E-state index in [2.05, 4.69) is 0 Å². The zero-order valence-corrected chi connectivity index (χ0v) is 17.9. The van der Waals surface area contributed by atoms with Crippen molar-refractivity contribution >= 4 is 5.97 Å². The van der Waals surface area contributed by atoms with Crippen molar-refractivity contribution in [2.24, 2.45) is 0 Å². The van der Waals surface area contributed by atoms with Crippen LogP contribution in [0.1, 0.15) is 33.2 Å². The molecule has 2 aliphatic carbocycles. The van der Waals surface area contributed by atoms with Crippen LogP contribution >= 0.6 is 0 Å². The van der Waals surface area contributed by atoms with Crippen LogP contribution < -0.4 is 0 Å². The third-order valence-corrected chi connectivity index (χ3v) is 6.07. The molecule has 1 aromatic rings. The first kappa shape index (κ1) is 23.3. The minimum absolute atomic E-state index is 0.0217. The summed E-state index contributed by atoms with van der Waals surface area (Å²) in [5, 5.41) is 39.9. The quantitative estimate of drug-likeness (QED) is 0.433. The Morgan fingerprint density at radius 1 is 1.00 bits per heavy atom. The second-order valence-electron chi connectivity index (χ2n) is 8.06. The number of benzene rings is 1. The van der Waals surface area contributed by atoms with E-state index in [9.17, 15) is 25.2 Å². The molecule has 0 amide bonds.